The fraction of sp³-hybridized carbons (Fsp3) is 0.310. The average molecular weight is 549 g/mol. The maximum atomic E-state index is 13.7. The number of carbonyl (C=O) groups excluding carboxylic acids is 1. The minimum absolute atomic E-state index is 0.178. The lowest BCUT2D eigenvalue weighted by molar-refractivity contribution is 0.0986. The smallest absolute Gasteiger partial charge is 0.264 e. The molecule has 4 aromatic rings. The fourth-order valence-corrected chi connectivity index (χ4v) is 7.29. The molecule has 0 radical (unpaired) electrons. The number of aryl methyl sites for hydroxylation is 1. The van der Waals surface area contributed by atoms with E-state index >= 15 is 0 Å². The van der Waals surface area contributed by atoms with Gasteiger partial charge in [0.05, 0.1) is 20.8 Å². The molecule has 1 aliphatic rings. The maximum absolute atomic E-state index is 13.7. The van der Waals surface area contributed by atoms with Crippen molar-refractivity contribution < 1.29 is 13.2 Å². The number of anilines is 2. The summed E-state index contributed by atoms with van der Waals surface area (Å²) < 4.78 is 29.3. The Hall–Kier alpha value is -3.27. The van der Waals surface area contributed by atoms with Gasteiger partial charge in [-0.05, 0) is 93.5 Å². The highest BCUT2D eigenvalue weighted by Crippen LogP contribution is 2.34. The molecule has 0 atom stereocenters. The van der Waals surface area contributed by atoms with Crippen LogP contribution in [-0.4, -0.2) is 57.9 Å². The number of hydrogen-bond donors (Lipinski definition) is 0. The molecule has 0 saturated heterocycles. The third kappa shape index (κ3) is 5.18. The topological polar surface area (TPSA) is 73.8 Å². The Morgan fingerprint density at radius 1 is 1.03 bits per heavy atom. The number of aromatic nitrogens is 1. The Kier molecular flexibility index (Phi) is 7.52. The number of thiazole rings is 1. The van der Waals surface area contributed by atoms with Crippen molar-refractivity contribution in [3.05, 3.63) is 83.4 Å². The summed E-state index contributed by atoms with van der Waals surface area (Å²) in [5, 5.41) is 0.655. The molecule has 5 rings (SSSR count). The molecule has 7 nitrogen and oxygen atoms in total. The van der Waals surface area contributed by atoms with Crippen LogP contribution >= 0.6 is 11.3 Å². The molecule has 1 amide bonds. The van der Waals surface area contributed by atoms with Crippen LogP contribution < -0.4 is 9.21 Å². The zero-order valence-electron chi connectivity index (χ0n) is 21.9. The maximum Gasteiger partial charge on any atom is 0.264 e. The van der Waals surface area contributed by atoms with E-state index in [0.29, 0.717) is 30.2 Å². The van der Waals surface area contributed by atoms with Gasteiger partial charge in [0.2, 0.25) is 0 Å². The Bertz CT molecular complexity index is 1560. The number of para-hydroxylation sites is 1. The normalized spacial score (nSPS) is 13.3. The molecule has 0 saturated carbocycles. The first-order chi connectivity index (χ1) is 18.3. The summed E-state index contributed by atoms with van der Waals surface area (Å²) in [6.45, 7) is 3.89. The molecular formula is C29H32N4O3S2. The van der Waals surface area contributed by atoms with Crippen LogP contribution in [0.3, 0.4) is 0 Å². The molecule has 2 heterocycles. The number of rotatable bonds is 9. The van der Waals surface area contributed by atoms with Crippen LogP contribution in [0.15, 0.2) is 71.6 Å². The summed E-state index contributed by atoms with van der Waals surface area (Å²) in [5.41, 5.74) is 4.29. The molecule has 0 aliphatic carbocycles. The lowest BCUT2D eigenvalue weighted by Crippen LogP contribution is -2.33. The van der Waals surface area contributed by atoms with Crippen molar-refractivity contribution in [3.63, 3.8) is 0 Å². The Morgan fingerprint density at radius 2 is 1.79 bits per heavy atom. The van der Waals surface area contributed by atoms with E-state index in [-0.39, 0.29) is 10.8 Å². The number of benzene rings is 3. The predicted molar refractivity (Wildman–Crippen MR) is 155 cm³/mol. The number of fused-ring (bicyclic) bond motifs is 2. The second-order valence-corrected chi connectivity index (χ2v) is 12.6. The van der Waals surface area contributed by atoms with E-state index in [1.165, 1.54) is 33.3 Å². The van der Waals surface area contributed by atoms with E-state index in [9.17, 15) is 13.2 Å². The quantitative estimate of drug-likeness (QED) is 0.287. The highest BCUT2D eigenvalue weighted by molar-refractivity contribution is 7.92. The van der Waals surface area contributed by atoms with Crippen LogP contribution in [0.2, 0.25) is 0 Å². The molecule has 1 aromatic heterocycles. The molecule has 3 aromatic carbocycles. The summed E-state index contributed by atoms with van der Waals surface area (Å²) in [5.74, 6) is -0.186. The van der Waals surface area contributed by atoms with Gasteiger partial charge in [0, 0.05) is 18.7 Å². The van der Waals surface area contributed by atoms with Crippen LogP contribution in [-0.2, 0) is 22.9 Å². The minimum Gasteiger partial charge on any atom is -0.309 e. The molecule has 0 N–H and O–H groups in total. The molecule has 9 heteroatoms. The van der Waals surface area contributed by atoms with Crippen LogP contribution in [0, 0.1) is 0 Å². The lowest BCUT2D eigenvalue weighted by atomic mass is 10.2. The largest absolute Gasteiger partial charge is 0.309 e. The van der Waals surface area contributed by atoms with Gasteiger partial charge in [-0.2, -0.15) is 0 Å². The number of amides is 1. The van der Waals surface area contributed by atoms with Gasteiger partial charge < -0.3 is 4.90 Å². The van der Waals surface area contributed by atoms with Gasteiger partial charge in [-0.15, -0.1) is 0 Å². The number of nitrogens with zero attached hydrogens (tertiary/aromatic N) is 4. The summed E-state index contributed by atoms with van der Waals surface area (Å²) in [4.78, 5) is 22.5. The van der Waals surface area contributed by atoms with Crippen molar-refractivity contribution in [2.75, 3.05) is 42.9 Å². The monoisotopic (exact) mass is 548 g/mol. The van der Waals surface area contributed by atoms with Gasteiger partial charge in [0.25, 0.3) is 15.9 Å². The molecule has 198 valence electrons. The van der Waals surface area contributed by atoms with E-state index in [1.54, 1.807) is 17.0 Å². The van der Waals surface area contributed by atoms with E-state index in [0.717, 1.165) is 40.9 Å². The van der Waals surface area contributed by atoms with Gasteiger partial charge in [0.15, 0.2) is 5.13 Å². The van der Waals surface area contributed by atoms with Gasteiger partial charge in [-0.3, -0.25) is 14.0 Å². The SMILES string of the molecule is CCc1ccc2nc(N(CCCN(C)C)C(=O)c3ccc(S(=O)(=O)N4CCc5ccccc54)cc3)sc2c1. The van der Waals surface area contributed by atoms with Gasteiger partial charge in [0.1, 0.15) is 0 Å². The van der Waals surface area contributed by atoms with Crippen molar-refractivity contribution in [3.8, 4) is 0 Å². The number of hydrogen-bond acceptors (Lipinski definition) is 6. The highest BCUT2D eigenvalue weighted by Gasteiger charge is 2.31. The second kappa shape index (κ2) is 10.8. The van der Waals surface area contributed by atoms with Gasteiger partial charge in [-0.1, -0.05) is 42.5 Å². The number of sulfonamides is 1. The molecular weight excluding hydrogens is 516 g/mol. The van der Waals surface area contributed by atoms with Crippen molar-refractivity contribution in [2.24, 2.45) is 0 Å². The molecule has 38 heavy (non-hydrogen) atoms. The van der Waals surface area contributed by atoms with Crippen LogP contribution in [0.25, 0.3) is 10.2 Å². The fourth-order valence-electron chi connectivity index (χ4n) is 4.73. The third-order valence-corrected chi connectivity index (χ3v) is 9.72. The zero-order chi connectivity index (χ0) is 26.9. The van der Waals surface area contributed by atoms with Crippen molar-refractivity contribution in [1.82, 2.24) is 9.88 Å². The molecule has 0 unspecified atom stereocenters. The Labute approximate surface area is 228 Å². The third-order valence-electron chi connectivity index (χ3n) is 6.85. The van der Waals surface area contributed by atoms with Crippen molar-refractivity contribution in [2.45, 2.75) is 31.1 Å². The van der Waals surface area contributed by atoms with E-state index in [2.05, 4.69) is 24.0 Å². The summed E-state index contributed by atoms with van der Waals surface area (Å²) in [7, 11) is 0.294. The zero-order valence-corrected chi connectivity index (χ0v) is 23.6. The standard InChI is InChI=1S/C29H32N4O3S2/c1-4-21-10-15-25-27(20-21)37-29(30-25)32(18-7-17-31(2)3)28(34)23-11-13-24(14-12-23)38(35,36)33-19-16-22-8-5-6-9-26(22)33/h5-6,8-15,20H,4,7,16-19H2,1-3H3. The van der Waals surface area contributed by atoms with Gasteiger partial charge >= 0.3 is 0 Å². The molecule has 0 spiro atoms. The summed E-state index contributed by atoms with van der Waals surface area (Å²) in [6, 6.07) is 20.1. The van der Waals surface area contributed by atoms with Crippen LogP contribution in [0.5, 0.6) is 0 Å². The van der Waals surface area contributed by atoms with E-state index < -0.39 is 10.0 Å². The molecule has 0 bridgehead atoms. The van der Waals surface area contributed by atoms with Crippen LogP contribution in [0.1, 0.15) is 34.8 Å². The molecule has 0 fully saturated rings. The number of carbonyl (C=O) groups is 1. The van der Waals surface area contributed by atoms with E-state index in [1.807, 2.05) is 44.4 Å². The highest BCUT2D eigenvalue weighted by atomic mass is 32.2. The lowest BCUT2D eigenvalue weighted by Gasteiger charge is -2.22. The van der Waals surface area contributed by atoms with E-state index in [4.69, 9.17) is 4.98 Å². The van der Waals surface area contributed by atoms with Crippen molar-refractivity contribution >= 4 is 48.3 Å². The Morgan fingerprint density at radius 3 is 2.53 bits per heavy atom. The first-order valence-corrected chi connectivity index (χ1v) is 15.1. The second-order valence-electron chi connectivity index (χ2n) is 9.75. The summed E-state index contributed by atoms with van der Waals surface area (Å²) in [6.07, 6.45) is 2.42. The molecule has 1 aliphatic heterocycles. The van der Waals surface area contributed by atoms with Gasteiger partial charge in [-0.25, -0.2) is 13.4 Å². The first kappa shape index (κ1) is 26.3. The van der Waals surface area contributed by atoms with Crippen molar-refractivity contribution in [1.29, 1.82) is 0 Å². The predicted octanol–water partition coefficient (Wildman–Crippen LogP) is 5.21. The first-order valence-electron chi connectivity index (χ1n) is 12.8. The Balaban J connectivity index is 1.42. The van der Waals surface area contributed by atoms with Crippen LogP contribution in [0.4, 0.5) is 10.8 Å². The minimum atomic E-state index is -3.72. The summed E-state index contributed by atoms with van der Waals surface area (Å²) >= 11 is 1.51. The average Bonchev–Trinajstić information content (AvgIpc) is 3.55.